The summed E-state index contributed by atoms with van der Waals surface area (Å²) in [7, 11) is -2.41. The number of aliphatic hydroxyl groups is 1. The standard InChI is InChI=1S/C36H50O9Si/c1-10-46(11-2,12-3)45-25-18-26-35(20-42-26,44-23(6)37)29-31(43-32(40)24-16-14-13-15-17-24)36(41)19-21(4)22(5)27(33(36,7)8)28(38)30(39)34(25,29)9/h13-17,21,25-26,29,31,41H,10-12,18-20H2,1-9H3/t21?,25?,26-,29+,31+,34-,35+,36-/m1/s1. The molecule has 0 spiro atoms. The predicted octanol–water partition coefficient (Wildman–Crippen LogP) is 5.59. The molecule has 3 fully saturated rings. The minimum atomic E-state index is -2.41. The molecule has 4 aliphatic rings. The van der Waals surface area contributed by atoms with Gasteiger partial charge in [-0.3, -0.25) is 14.4 Å². The highest BCUT2D eigenvalue weighted by Crippen LogP contribution is 2.64. The third-order valence-electron chi connectivity index (χ3n) is 12.4. The van der Waals surface area contributed by atoms with E-state index in [1.165, 1.54) is 6.92 Å². The quantitative estimate of drug-likeness (QED) is 0.217. The van der Waals surface area contributed by atoms with E-state index in [1.54, 1.807) is 51.1 Å². The lowest BCUT2D eigenvalue weighted by Gasteiger charge is -2.67. The molecule has 1 aromatic carbocycles. The minimum absolute atomic E-state index is 0.0726. The van der Waals surface area contributed by atoms with Gasteiger partial charge in [0.15, 0.2) is 13.9 Å². The van der Waals surface area contributed by atoms with Crippen LogP contribution in [0, 0.1) is 22.7 Å². The fourth-order valence-corrected chi connectivity index (χ4v) is 12.1. The number of fused-ring (bicyclic) bond motifs is 5. The van der Waals surface area contributed by atoms with Gasteiger partial charge in [0, 0.05) is 24.3 Å². The Bertz CT molecular complexity index is 1440. The van der Waals surface area contributed by atoms with Gasteiger partial charge in [-0.15, -0.1) is 0 Å². The minimum Gasteiger partial charge on any atom is -0.455 e. The molecular formula is C36H50O9Si. The summed E-state index contributed by atoms with van der Waals surface area (Å²) in [6.45, 7) is 16.4. The highest BCUT2D eigenvalue weighted by Gasteiger charge is 2.78. The Kier molecular flexibility index (Phi) is 8.88. The van der Waals surface area contributed by atoms with Crippen LogP contribution in [-0.2, 0) is 33.0 Å². The summed E-state index contributed by atoms with van der Waals surface area (Å²) in [5.74, 6) is -4.09. The summed E-state index contributed by atoms with van der Waals surface area (Å²) in [6, 6.07) is 10.9. The molecule has 3 aliphatic carbocycles. The molecule has 2 unspecified atom stereocenters. The van der Waals surface area contributed by atoms with E-state index < -0.39 is 78.1 Å². The number of allylic oxidation sites excluding steroid dienone is 1. The number of esters is 2. The number of hydrogen-bond acceptors (Lipinski definition) is 9. The third kappa shape index (κ3) is 4.80. The SMILES string of the molecule is CC[Si](CC)(CC)OC1C[C@H]2OC[C@@]2(OC(C)=O)[C@H]2[C@H](OC(=O)c3ccccc3)[C@]3(O)CC(C)C(C)=C(C(=O)C(=O)[C@]12C)C3(C)C. The molecule has 2 saturated carbocycles. The average Bonchev–Trinajstić information content (AvgIpc) is 3.01. The van der Waals surface area contributed by atoms with Crippen molar-refractivity contribution >= 4 is 31.8 Å². The third-order valence-corrected chi connectivity index (χ3v) is 17.0. The van der Waals surface area contributed by atoms with E-state index in [-0.39, 0.29) is 36.5 Å². The largest absolute Gasteiger partial charge is 0.455 e. The lowest BCUT2D eigenvalue weighted by atomic mass is 9.44. The highest BCUT2D eigenvalue weighted by atomic mass is 28.4. The molecule has 0 amide bonds. The first-order chi connectivity index (χ1) is 21.5. The van der Waals surface area contributed by atoms with Crippen LogP contribution in [0.2, 0.25) is 18.1 Å². The lowest BCUT2D eigenvalue weighted by molar-refractivity contribution is -0.342. The van der Waals surface area contributed by atoms with Crippen molar-refractivity contribution in [1.82, 2.24) is 0 Å². The Balaban J connectivity index is 1.84. The maximum atomic E-state index is 15.1. The van der Waals surface area contributed by atoms with Gasteiger partial charge >= 0.3 is 11.9 Å². The topological polar surface area (TPSA) is 125 Å². The van der Waals surface area contributed by atoms with Gasteiger partial charge in [-0.25, -0.2) is 4.79 Å². The molecule has 5 rings (SSSR count). The van der Waals surface area contributed by atoms with Crippen LogP contribution >= 0.6 is 0 Å². The van der Waals surface area contributed by atoms with Gasteiger partial charge in [0.25, 0.3) is 0 Å². The Hall–Kier alpha value is -2.66. The van der Waals surface area contributed by atoms with Crippen molar-refractivity contribution in [2.45, 2.75) is 123 Å². The second-order valence-corrected chi connectivity index (χ2v) is 19.5. The van der Waals surface area contributed by atoms with E-state index in [9.17, 15) is 19.5 Å². The fraction of sp³-hybridized carbons (Fsp3) is 0.667. The summed E-state index contributed by atoms with van der Waals surface area (Å²) >= 11 is 0. The highest BCUT2D eigenvalue weighted by molar-refractivity contribution is 6.73. The smallest absolute Gasteiger partial charge is 0.338 e. The number of rotatable bonds is 8. The Morgan fingerprint density at radius 2 is 1.65 bits per heavy atom. The van der Waals surface area contributed by atoms with Crippen LogP contribution in [0.25, 0.3) is 0 Å². The van der Waals surface area contributed by atoms with Crippen molar-refractivity contribution in [2.24, 2.45) is 22.7 Å². The first kappa shape index (κ1) is 34.7. The van der Waals surface area contributed by atoms with Gasteiger partial charge < -0.3 is 23.7 Å². The normalized spacial score (nSPS) is 36.9. The van der Waals surface area contributed by atoms with Crippen molar-refractivity contribution in [3.63, 3.8) is 0 Å². The molecule has 1 N–H and O–H groups in total. The number of hydrogen-bond donors (Lipinski definition) is 1. The Morgan fingerprint density at radius 3 is 2.17 bits per heavy atom. The zero-order valence-electron chi connectivity index (χ0n) is 28.7. The molecule has 1 saturated heterocycles. The monoisotopic (exact) mass is 654 g/mol. The molecule has 1 aliphatic heterocycles. The zero-order valence-corrected chi connectivity index (χ0v) is 29.7. The van der Waals surface area contributed by atoms with E-state index in [0.29, 0.717) is 0 Å². The zero-order chi connectivity index (χ0) is 34.0. The van der Waals surface area contributed by atoms with E-state index in [2.05, 4.69) is 20.8 Å². The molecule has 0 radical (unpaired) electrons. The van der Waals surface area contributed by atoms with Crippen LogP contribution in [0.3, 0.4) is 0 Å². The molecule has 252 valence electrons. The van der Waals surface area contributed by atoms with Crippen molar-refractivity contribution < 1.29 is 42.9 Å². The molecule has 46 heavy (non-hydrogen) atoms. The summed E-state index contributed by atoms with van der Waals surface area (Å²) in [4.78, 5) is 56.7. The number of benzene rings is 1. The number of carbonyl (C=O) groups excluding carboxylic acids is 4. The second-order valence-electron chi connectivity index (χ2n) is 14.8. The summed E-state index contributed by atoms with van der Waals surface area (Å²) in [5.41, 5.74) is -4.98. The first-order valence-corrected chi connectivity index (χ1v) is 19.3. The van der Waals surface area contributed by atoms with Gasteiger partial charge in [0.05, 0.1) is 29.6 Å². The molecule has 1 heterocycles. The van der Waals surface area contributed by atoms with E-state index in [0.717, 1.165) is 23.7 Å². The predicted molar refractivity (Wildman–Crippen MR) is 173 cm³/mol. The molecule has 8 atom stereocenters. The van der Waals surface area contributed by atoms with E-state index >= 15 is 4.79 Å². The number of Topliss-reactive ketones (excluding diaryl/α,β-unsaturated/α-hetero) is 2. The number of carbonyl (C=O) groups is 4. The van der Waals surface area contributed by atoms with Gasteiger partial charge in [-0.05, 0) is 56.5 Å². The van der Waals surface area contributed by atoms with Crippen LogP contribution in [-0.4, -0.2) is 73.0 Å². The fourth-order valence-electron chi connectivity index (χ4n) is 9.15. The number of ketones is 2. The second kappa shape index (κ2) is 11.8. The van der Waals surface area contributed by atoms with Gasteiger partial charge in [-0.2, -0.15) is 0 Å². The van der Waals surface area contributed by atoms with Crippen LogP contribution in [0.15, 0.2) is 41.5 Å². The van der Waals surface area contributed by atoms with Gasteiger partial charge in [0.2, 0.25) is 11.6 Å². The molecule has 1 aromatic rings. The van der Waals surface area contributed by atoms with Gasteiger partial charge in [0.1, 0.15) is 17.8 Å². The number of ether oxygens (including phenoxy) is 3. The molecule has 0 aromatic heterocycles. The molecule has 9 nitrogen and oxygen atoms in total. The molecule has 10 heteroatoms. The van der Waals surface area contributed by atoms with Crippen molar-refractivity contribution in [3.05, 3.63) is 47.0 Å². The van der Waals surface area contributed by atoms with Crippen molar-refractivity contribution in [3.8, 4) is 0 Å². The van der Waals surface area contributed by atoms with Crippen LogP contribution in [0.5, 0.6) is 0 Å². The van der Waals surface area contributed by atoms with Crippen LogP contribution in [0.4, 0.5) is 0 Å². The van der Waals surface area contributed by atoms with E-state index in [1.807, 2.05) is 13.8 Å². The maximum absolute atomic E-state index is 15.1. The first-order valence-electron chi connectivity index (χ1n) is 16.8. The van der Waals surface area contributed by atoms with Crippen LogP contribution < -0.4 is 0 Å². The van der Waals surface area contributed by atoms with Crippen molar-refractivity contribution in [1.29, 1.82) is 0 Å². The van der Waals surface area contributed by atoms with Crippen LogP contribution in [0.1, 0.15) is 85.5 Å². The maximum Gasteiger partial charge on any atom is 0.338 e. The van der Waals surface area contributed by atoms with Gasteiger partial charge in [-0.1, -0.05) is 65.3 Å². The Labute approximate surface area is 273 Å². The summed E-state index contributed by atoms with van der Waals surface area (Å²) in [5, 5.41) is 13.2. The average molecular weight is 655 g/mol. The van der Waals surface area contributed by atoms with Crippen molar-refractivity contribution in [2.75, 3.05) is 6.61 Å². The molecular weight excluding hydrogens is 604 g/mol. The Morgan fingerprint density at radius 1 is 1.04 bits per heavy atom. The molecule has 2 bridgehead atoms. The summed E-state index contributed by atoms with van der Waals surface area (Å²) in [6.07, 6.45) is -2.51. The lowest BCUT2D eigenvalue weighted by Crippen LogP contribution is -2.82. The van der Waals surface area contributed by atoms with E-state index in [4.69, 9.17) is 18.6 Å². The summed E-state index contributed by atoms with van der Waals surface area (Å²) < 4.78 is 25.9.